The second-order valence-electron chi connectivity index (χ2n) is 7.29. The summed E-state index contributed by atoms with van der Waals surface area (Å²) in [5.41, 5.74) is 0. The van der Waals surface area contributed by atoms with Crippen molar-refractivity contribution in [1.29, 1.82) is 0 Å². The third-order valence-corrected chi connectivity index (χ3v) is 5.55. The SMILES string of the molecule is Cn1c(CO)nnc1CC1CCN(C(=O)CN2CCC(O)CC2)CC1. The number of piperidine rings is 2. The first kappa shape index (κ1) is 18.3. The van der Waals surface area contributed by atoms with Gasteiger partial charge in [0.1, 0.15) is 12.4 Å². The molecule has 1 amide bonds. The summed E-state index contributed by atoms with van der Waals surface area (Å²) in [5, 5.41) is 26.9. The van der Waals surface area contributed by atoms with Crippen LogP contribution in [0.25, 0.3) is 0 Å². The van der Waals surface area contributed by atoms with E-state index in [4.69, 9.17) is 0 Å². The number of aliphatic hydroxyl groups is 2. The third-order valence-electron chi connectivity index (χ3n) is 5.55. The second-order valence-corrected chi connectivity index (χ2v) is 7.29. The summed E-state index contributed by atoms with van der Waals surface area (Å²) in [6, 6.07) is 0. The predicted molar refractivity (Wildman–Crippen MR) is 91.6 cm³/mol. The largest absolute Gasteiger partial charge is 0.393 e. The lowest BCUT2D eigenvalue weighted by Crippen LogP contribution is -2.46. The maximum atomic E-state index is 12.5. The highest BCUT2D eigenvalue weighted by atomic mass is 16.3. The fourth-order valence-corrected chi connectivity index (χ4v) is 3.73. The van der Waals surface area contributed by atoms with Crippen molar-refractivity contribution in [2.45, 2.75) is 44.8 Å². The van der Waals surface area contributed by atoms with Gasteiger partial charge in [-0.05, 0) is 31.6 Å². The Labute approximate surface area is 148 Å². The summed E-state index contributed by atoms with van der Waals surface area (Å²) in [6.45, 7) is 3.59. The molecule has 3 heterocycles. The first-order chi connectivity index (χ1) is 12.1. The van der Waals surface area contributed by atoms with Crippen molar-refractivity contribution in [3.8, 4) is 0 Å². The minimum absolute atomic E-state index is 0.0933. The number of aromatic nitrogens is 3. The van der Waals surface area contributed by atoms with E-state index >= 15 is 0 Å². The third kappa shape index (κ3) is 4.56. The molecule has 0 radical (unpaired) electrons. The number of nitrogens with zero attached hydrogens (tertiary/aromatic N) is 5. The molecule has 2 aliphatic heterocycles. The lowest BCUT2D eigenvalue weighted by atomic mass is 9.93. The molecule has 0 unspecified atom stereocenters. The van der Waals surface area contributed by atoms with Crippen molar-refractivity contribution in [3.63, 3.8) is 0 Å². The van der Waals surface area contributed by atoms with Gasteiger partial charge in [-0.3, -0.25) is 9.69 Å². The second kappa shape index (κ2) is 8.25. The summed E-state index contributed by atoms with van der Waals surface area (Å²) >= 11 is 0. The molecule has 2 fully saturated rings. The fraction of sp³-hybridized carbons (Fsp3) is 0.824. The Morgan fingerprint density at radius 2 is 1.72 bits per heavy atom. The van der Waals surface area contributed by atoms with Crippen LogP contribution in [0.1, 0.15) is 37.3 Å². The molecule has 0 saturated carbocycles. The molecule has 0 bridgehead atoms. The van der Waals surface area contributed by atoms with E-state index in [1.54, 1.807) is 0 Å². The van der Waals surface area contributed by atoms with E-state index < -0.39 is 0 Å². The number of hydrogen-bond acceptors (Lipinski definition) is 6. The van der Waals surface area contributed by atoms with Gasteiger partial charge in [0, 0.05) is 39.6 Å². The Morgan fingerprint density at radius 3 is 2.32 bits per heavy atom. The molecule has 1 aromatic heterocycles. The zero-order valence-electron chi connectivity index (χ0n) is 15.0. The number of likely N-dealkylation sites (tertiary alicyclic amines) is 2. The maximum Gasteiger partial charge on any atom is 0.236 e. The molecule has 0 spiro atoms. The van der Waals surface area contributed by atoms with Crippen molar-refractivity contribution in [2.75, 3.05) is 32.7 Å². The molecular weight excluding hydrogens is 322 g/mol. The normalized spacial score (nSPS) is 21.0. The zero-order valence-corrected chi connectivity index (χ0v) is 15.0. The van der Waals surface area contributed by atoms with E-state index in [1.807, 2.05) is 16.5 Å². The first-order valence-electron chi connectivity index (χ1n) is 9.23. The number of rotatable bonds is 5. The van der Waals surface area contributed by atoms with E-state index in [9.17, 15) is 15.0 Å². The van der Waals surface area contributed by atoms with Crippen LogP contribution in [-0.2, 0) is 24.9 Å². The lowest BCUT2D eigenvalue weighted by molar-refractivity contribution is -0.134. The Morgan fingerprint density at radius 1 is 1.08 bits per heavy atom. The number of amides is 1. The average Bonchev–Trinajstić information content (AvgIpc) is 2.97. The number of carbonyl (C=O) groups is 1. The molecule has 8 heteroatoms. The van der Waals surface area contributed by atoms with Gasteiger partial charge in [0.2, 0.25) is 5.91 Å². The summed E-state index contributed by atoms with van der Waals surface area (Å²) in [6.07, 6.45) is 4.13. The van der Waals surface area contributed by atoms with Crippen molar-refractivity contribution in [2.24, 2.45) is 13.0 Å². The topological polar surface area (TPSA) is 94.7 Å². The van der Waals surface area contributed by atoms with Crippen molar-refractivity contribution < 1.29 is 15.0 Å². The van der Waals surface area contributed by atoms with E-state index in [1.165, 1.54) is 0 Å². The van der Waals surface area contributed by atoms with Crippen molar-refractivity contribution in [1.82, 2.24) is 24.6 Å². The molecule has 8 nitrogen and oxygen atoms in total. The molecule has 0 aliphatic carbocycles. The highest BCUT2D eigenvalue weighted by Crippen LogP contribution is 2.21. The van der Waals surface area contributed by atoms with E-state index in [2.05, 4.69) is 15.1 Å². The lowest BCUT2D eigenvalue weighted by Gasteiger charge is -2.35. The molecule has 0 atom stereocenters. The minimum atomic E-state index is -0.200. The van der Waals surface area contributed by atoms with Crippen LogP contribution in [0.5, 0.6) is 0 Å². The Bertz CT molecular complexity index is 575. The van der Waals surface area contributed by atoms with Gasteiger partial charge in [-0.1, -0.05) is 0 Å². The van der Waals surface area contributed by atoms with E-state index in [0.717, 1.165) is 64.1 Å². The van der Waals surface area contributed by atoms with Gasteiger partial charge >= 0.3 is 0 Å². The maximum absolute atomic E-state index is 12.5. The molecule has 2 N–H and O–H groups in total. The van der Waals surface area contributed by atoms with Gasteiger partial charge < -0.3 is 19.7 Å². The average molecular weight is 351 g/mol. The van der Waals surface area contributed by atoms with Crippen LogP contribution >= 0.6 is 0 Å². The van der Waals surface area contributed by atoms with Crippen LogP contribution in [0.2, 0.25) is 0 Å². The summed E-state index contributed by atoms with van der Waals surface area (Å²) in [7, 11) is 1.88. The minimum Gasteiger partial charge on any atom is -0.393 e. The highest BCUT2D eigenvalue weighted by molar-refractivity contribution is 5.78. The summed E-state index contributed by atoms with van der Waals surface area (Å²) in [4.78, 5) is 16.6. The summed E-state index contributed by atoms with van der Waals surface area (Å²) in [5.74, 6) is 2.20. The van der Waals surface area contributed by atoms with Crippen LogP contribution in [0.4, 0.5) is 0 Å². The monoisotopic (exact) mass is 351 g/mol. The summed E-state index contributed by atoms with van der Waals surface area (Å²) < 4.78 is 1.86. The van der Waals surface area contributed by atoms with Gasteiger partial charge in [0.15, 0.2) is 5.82 Å². The van der Waals surface area contributed by atoms with Crippen LogP contribution in [0, 0.1) is 5.92 Å². The molecular formula is C17H29N5O3. The van der Waals surface area contributed by atoms with Crippen LogP contribution < -0.4 is 0 Å². The number of hydrogen-bond donors (Lipinski definition) is 2. The molecule has 2 aliphatic rings. The van der Waals surface area contributed by atoms with Gasteiger partial charge in [-0.25, -0.2) is 0 Å². The predicted octanol–water partition coefficient (Wildman–Crippen LogP) is -0.455. The molecule has 3 rings (SSSR count). The molecule has 25 heavy (non-hydrogen) atoms. The Kier molecular flexibility index (Phi) is 6.03. The quantitative estimate of drug-likeness (QED) is 0.746. The van der Waals surface area contributed by atoms with Crippen molar-refractivity contribution in [3.05, 3.63) is 11.6 Å². The molecule has 1 aromatic rings. The van der Waals surface area contributed by atoms with Gasteiger partial charge in [-0.2, -0.15) is 0 Å². The molecule has 2 saturated heterocycles. The Balaban J connectivity index is 1.43. The van der Waals surface area contributed by atoms with Gasteiger partial charge in [-0.15, -0.1) is 10.2 Å². The smallest absolute Gasteiger partial charge is 0.236 e. The van der Waals surface area contributed by atoms with Crippen LogP contribution in [0.15, 0.2) is 0 Å². The first-order valence-corrected chi connectivity index (χ1v) is 9.23. The highest BCUT2D eigenvalue weighted by Gasteiger charge is 2.26. The molecule has 140 valence electrons. The van der Waals surface area contributed by atoms with Crippen LogP contribution in [-0.4, -0.2) is 79.5 Å². The Hall–Kier alpha value is -1.51. The standard InChI is InChI=1S/C17H29N5O3/c1-20-15(18-19-16(20)12-23)10-13-2-8-22(9-3-13)17(25)11-21-6-4-14(24)5-7-21/h13-14,23-24H,2-12H2,1H3. The van der Waals surface area contributed by atoms with Gasteiger partial charge in [0.05, 0.1) is 12.6 Å². The van der Waals surface area contributed by atoms with Gasteiger partial charge in [0.25, 0.3) is 0 Å². The van der Waals surface area contributed by atoms with E-state index in [0.29, 0.717) is 18.3 Å². The van der Waals surface area contributed by atoms with Crippen molar-refractivity contribution >= 4 is 5.91 Å². The fourth-order valence-electron chi connectivity index (χ4n) is 3.73. The van der Waals surface area contributed by atoms with Crippen LogP contribution in [0.3, 0.4) is 0 Å². The zero-order chi connectivity index (χ0) is 17.8. The van der Waals surface area contributed by atoms with E-state index in [-0.39, 0.29) is 18.6 Å². The molecule has 0 aromatic carbocycles. The number of carbonyl (C=O) groups excluding carboxylic acids is 1. The number of aliphatic hydroxyl groups excluding tert-OH is 2.